The second kappa shape index (κ2) is 6.70. The van der Waals surface area contributed by atoms with Crippen molar-refractivity contribution in [3.63, 3.8) is 0 Å². The quantitative estimate of drug-likeness (QED) is 0.708. The summed E-state index contributed by atoms with van der Waals surface area (Å²) in [4.78, 5) is 4.24. The number of rotatable bonds is 5. The summed E-state index contributed by atoms with van der Waals surface area (Å²) in [6.07, 6.45) is 1.79. The molecule has 24 heavy (non-hydrogen) atoms. The second-order valence-electron chi connectivity index (χ2n) is 5.58. The van der Waals surface area contributed by atoms with Gasteiger partial charge in [-0.3, -0.25) is 4.98 Å². The van der Waals surface area contributed by atoms with Crippen LogP contribution in [0.2, 0.25) is 0 Å². The van der Waals surface area contributed by atoms with E-state index in [9.17, 15) is 0 Å². The Bertz CT molecular complexity index is 843. The number of benzene rings is 1. The predicted molar refractivity (Wildman–Crippen MR) is 90.0 cm³/mol. The average Bonchev–Trinajstić information content (AvgIpc) is 3.05. The summed E-state index contributed by atoms with van der Waals surface area (Å²) in [7, 11) is 1.60. The third kappa shape index (κ3) is 3.22. The highest BCUT2D eigenvalue weighted by Crippen LogP contribution is 2.33. The van der Waals surface area contributed by atoms with Crippen LogP contribution in [-0.2, 0) is 0 Å². The lowest BCUT2D eigenvalue weighted by Gasteiger charge is -2.13. The maximum absolute atomic E-state index is 5.80. The van der Waals surface area contributed by atoms with Crippen LogP contribution in [0.4, 0.5) is 0 Å². The fourth-order valence-corrected chi connectivity index (χ4v) is 2.31. The van der Waals surface area contributed by atoms with Crippen LogP contribution in [0.1, 0.15) is 19.5 Å². The zero-order valence-corrected chi connectivity index (χ0v) is 14.1. The van der Waals surface area contributed by atoms with Crippen molar-refractivity contribution in [2.45, 2.75) is 26.9 Å². The van der Waals surface area contributed by atoms with Gasteiger partial charge in [0.25, 0.3) is 0 Å². The molecule has 0 unspecified atom stereocenters. The van der Waals surface area contributed by atoms with E-state index in [1.807, 2.05) is 51.1 Å². The summed E-state index contributed by atoms with van der Waals surface area (Å²) < 4.78 is 16.9. The van der Waals surface area contributed by atoms with Gasteiger partial charge in [-0.1, -0.05) is 0 Å². The molecule has 0 bridgehead atoms. The number of hydrogen-bond acceptors (Lipinski definition) is 6. The van der Waals surface area contributed by atoms with Gasteiger partial charge in [0.05, 0.1) is 18.8 Å². The fourth-order valence-electron chi connectivity index (χ4n) is 2.31. The molecule has 0 aliphatic heterocycles. The molecule has 1 aromatic carbocycles. The Morgan fingerprint density at radius 2 is 1.83 bits per heavy atom. The Morgan fingerprint density at radius 3 is 2.54 bits per heavy atom. The highest BCUT2D eigenvalue weighted by Gasteiger charge is 2.15. The highest BCUT2D eigenvalue weighted by molar-refractivity contribution is 5.62. The van der Waals surface area contributed by atoms with E-state index in [-0.39, 0.29) is 6.10 Å². The van der Waals surface area contributed by atoms with Crippen LogP contribution in [0.15, 0.2) is 40.9 Å². The Morgan fingerprint density at radius 1 is 1.04 bits per heavy atom. The summed E-state index contributed by atoms with van der Waals surface area (Å²) in [6.45, 7) is 5.84. The van der Waals surface area contributed by atoms with Crippen molar-refractivity contribution in [3.8, 4) is 34.4 Å². The number of aryl methyl sites for hydroxylation is 1. The van der Waals surface area contributed by atoms with Crippen LogP contribution in [-0.4, -0.2) is 28.4 Å². The Labute approximate surface area is 140 Å². The molecule has 2 aromatic heterocycles. The SMILES string of the molecule is COc1cc(-c2nnc(-c3cccnc3C)o2)ccc1OC(C)C. The molecule has 0 radical (unpaired) electrons. The van der Waals surface area contributed by atoms with Gasteiger partial charge >= 0.3 is 0 Å². The van der Waals surface area contributed by atoms with E-state index in [4.69, 9.17) is 13.9 Å². The van der Waals surface area contributed by atoms with E-state index in [0.717, 1.165) is 16.8 Å². The maximum Gasteiger partial charge on any atom is 0.249 e. The van der Waals surface area contributed by atoms with Crippen molar-refractivity contribution in [2.75, 3.05) is 7.11 Å². The molecule has 0 N–H and O–H groups in total. The fraction of sp³-hybridized carbons (Fsp3) is 0.278. The number of ether oxygens (including phenoxy) is 2. The normalized spacial score (nSPS) is 10.9. The first-order valence-corrected chi connectivity index (χ1v) is 7.69. The van der Waals surface area contributed by atoms with E-state index in [1.165, 1.54) is 0 Å². The van der Waals surface area contributed by atoms with Crippen LogP contribution in [0, 0.1) is 6.92 Å². The standard InChI is InChI=1S/C18H19N3O3/c1-11(2)23-15-8-7-13(10-16(15)22-4)17-20-21-18(24-17)14-6-5-9-19-12(14)3/h5-11H,1-4H3. The third-order valence-corrected chi connectivity index (χ3v) is 3.44. The molecule has 0 aliphatic carbocycles. The third-order valence-electron chi connectivity index (χ3n) is 3.44. The molecule has 6 heteroatoms. The minimum atomic E-state index is 0.0633. The van der Waals surface area contributed by atoms with Crippen molar-refractivity contribution in [3.05, 3.63) is 42.2 Å². The Balaban J connectivity index is 1.94. The lowest BCUT2D eigenvalue weighted by molar-refractivity contribution is 0.230. The molecule has 3 rings (SSSR count). The molecule has 2 heterocycles. The molecule has 0 spiro atoms. The van der Waals surface area contributed by atoms with E-state index >= 15 is 0 Å². The predicted octanol–water partition coefficient (Wildman–Crippen LogP) is 3.90. The van der Waals surface area contributed by atoms with E-state index in [2.05, 4.69) is 15.2 Å². The van der Waals surface area contributed by atoms with Gasteiger partial charge < -0.3 is 13.9 Å². The van der Waals surface area contributed by atoms with Gasteiger partial charge in [-0.25, -0.2) is 0 Å². The monoisotopic (exact) mass is 325 g/mol. The Hall–Kier alpha value is -2.89. The lowest BCUT2D eigenvalue weighted by Crippen LogP contribution is -2.06. The largest absolute Gasteiger partial charge is 0.493 e. The van der Waals surface area contributed by atoms with Gasteiger partial charge in [0, 0.05) is 17.5 Å². The molecular weight excluding hydrogens is 306 g/mol. The van der Waals surface area contributed by atoms with Crippen LogP contribution in [0.25, 0.3) is 22.9 Å². The summed E-state index contributed by atoms with van der Waals surface area (Å²) in [5.41, 5.74) is 2.43. The van der Waals surface area contributed by atoms with Crippen molar-refractivity contribution < 1.29 is 13.9 Å². The first-order chi connectivity index (χ1) is 11.6. The van der Waals surface area contributed by atoms with E-state index in [0.29, 0.717) is 23.3 Å². The van der Waals surface area contributed by atoms with Crippen LogP contribution < -0.4 is 9.47 Å². The van der Waals surface area contributed by atoms with Gasteiger partial charge in [-0.2, -0.15) is 0 Å². The smallest absolute Gasteiger partial charge is 0.249 e. The molecule has 0 amide bonds. The molecule has 124 valence electrons. The number of methoxy groups -OCH3 is 1. The highest BCUT2D eigenvalue weighted by atomic mass is 16.5. The van der Waals surface area contributed by atoms with Gasteiger partial charge in [-0.15, -0.1) is 10.2 Å². The molecule has 0 aliphatic rings. The van der Waals surface area contributed by atoms with E-state index in [1.54, 1.807) is 13.3 Å². The molecule has 3 aromatic rings. The number of pyridine rings is 1. The molecule has 0 fully saturated rings. The summed E-state index contributed by atoms with van der Waals surface area (Å²) in [5.74, 6) is 2.16. The molecule has 6 nitrogen and oxygen atoms in total. The summed E-state index contributed by atoms with van der Waals surface area (Å²) >= 11 is 0. The zero-order chi connectivity index (χ0) is 17.1. The van der Waals surface area contributed by atoms with Crippen molar-refractivity contribution in [2.24, 2.45) is 0 Å². The van der Waals surface area contributed by atoms with Crippen LogP contribution in [0.5, 0.6) is 11.5 Å². The van der Waals surface area contributed by atoms with Gasteiger partial charge in [0.2, 0.25) is 11.8 Å². The topological polar surface area (TPSA) is 70.3 Å². The number of hydrogen-bond donors (Lipinski definition) is 0. The minimum absolute atomic E-state index is 0.0633. The Kier molecular flexibility index (Phi) is 4.46. The van der Waals surface area contributed by atoms with Crippen LogP contribution in [0.3, 0.4) is 0 Å². The summed E-state index contributed by atoms with van der Waals surface area (Å²) in [6, 6.07) is 9.28. The van der Waals surface area contributed by atoms with Gasteiger partial charge in [-0.05, 0) is 51.1 Å². The van der Waals surface area contributed by atoms with Crippen molar-refractivity contribution >= 4 is 0 Å². The average molecular weight is 325 g/mol. The van der Waals surface area contributed by atoms with Crippen molar-refractivity contribution in [1.82, 2.24) is 15.2 Å². The maximum atomic E-state index is 5.80. The second-order valence-corrected chi connectivity index (χ2v) is 5.58. The van der Waals surface area contributed by atoms with Gasteiger partial charge in [0.1, 0.15) is 0 Å². The zero-order valence-electron chi connectivity index (χ0n) is 14.1. The molecule has 0 atom stereocenters. The molecule has 0 saturated heterocycles. The van der Waals surface area contributed by atoms with Gasteiger partial charge in [0.15, 0.2) is 11.5 Å². The first-order valence-electron chi connectivity index (χ1n) is 7.69. The first kappa shape index (κ1) is 16.0. The molecular formula is C18H19N3O3. The van der Waals surface area contributed by atoms with Crippen LogP contribution >= 0.6 is 0 Å². The van der Waals surface area contributed by atoms with E-state index < -0.39 is 0 Å². The lowest BCUT2D eigenvalue weighted by atomic mass is 10.2. The number of aromatic nitrogens is 3. The summed E-state index contributed by atoms with van der Waals surface area (Å²) in [5, 5.41) is 8.25. The minimum Gasteiger partial charge on any atom is -0.493 e. The molecule has 0 saturated carbocycles. The number of nitrogens with zero attached hydrogens (tertiary/aromatic N) is 3. The van der Waals surface area contributed by atoms with Crippen molar-refractivity contribution in [1.29, 1.82) is 0 Å².